The fraction of sp³-hybridized carbons (Fsp3) is 0.273. The third-order valence-corrected chi connectivity index (χ3v) is 2.77. The summed E-state index contributed by atoms with van der Waals surface area (Å²) in [6, 6.07) is 10.5. The number of nitrogens with zero attached hydrogens (tertiary/aromatic N) is 2. The summed E-state index contributed by atoms with van der Waals surface area (Å²) >= 11 is 6.15. The zero-order chi connectivity index (χ0) is 10.1. The standard InChI is InChI=1S/C11H13ClN2/c1-9-8-11(12)14(13(9)2)10-6-4-3-5-7-10/h3-9H,1-2H3. The van der Waals surface area contributed by atoms with E-state index in [-0.39, 0.29) is 0 Å². The molecule has 3 heteroatoms. The lowest BCUT2D eigenvalue weighted by atomic mass is 10.3. The molecule has 2 nitrogen and oxygen atoms in total. The molecule has 0 fully saturated rings. The van der Waals surface area contributed by atoms with Crippen LogP contribution in [0.5, 0.6) is 0 Å². The second-order valence-electron chi connectivity index (χ2n) is 3.45. The number of para-hydroxylation sites is 1. The van der Waals surface area contributed by atoms with Gasteiger partial charge in [-0.3, -0.25) is 5.01 Å². The van der Waals surface area contributed by atoms with Gasteiger partial charge in [-0.1, -0.05) is 29.8 Å². The summed E-state index contributed by atoms with van der Waals surface area (Å²) < 4.78 is 0. The van der Waals surface area contributed by atoms with E-state index in [0.29, 0.717) is 6.04 Å². The first-order valence-electron chi connectivity index (χ1n) is 4.65. The van der Waals surface area contributed by atoms with Crippen LogP contribution in [0, 0.1) is 0 Å². The molecule has 1 unspecified atom stereocenters. The second-order valence-corrected chi connectivity index (χ2v) is 3.84. The Balaban J connectivity index is 2.32. The number of likely N-dealkylation sites (N-methyl/N-ethyl adjacent to an activating group) is 1. The number of halogens is 1. The Morgan fingerprint density at radius 3 is 2.36 bits per heavy atom. The Morgan fingerprint density at radius 2 is 1.86 bits per heavy atom. The minimum absolute atomic E-state index is 0.350. The van der Waals surface area contributed by atoms with Crippen molar-refractivity contribution in [2.75, 3.05) is 12.1 Å². The largest absolute Gasteiger partial charge is 0.263 e. The molecular formula is C11H13ClN2. The summed E-state index contributed by atoms with van der Waals surface area (Å²) in [5, 5.41) is 4.88. The molecule has 1 atom stereocenters. The molecule has 1 aromatic rings. The highest BCUT2D eigenvalue weighted by Gasteiger charge is 2.25. The summed E-state index contributed by atoms with van der Waals surface area (Å²) in [6.07, 6.45) is 2.04. The van der Waals surface area contributed by atoms with E-state index in [0.717, 1.165) is 10.8 Å². The topological polar surface area (TPSA) is 6.48 Å². The van der Waals surface area contributed by atoms with Gasteiger partial charge in [0.2, 0.25) is 0 Å². The fourth-order valence-corrected chi connectivity index (χ4v) is 1.98. The van der Waals surface area contributed by atoms with Crippen molar-refractivity contribution in [2.45, 2.75) is 13.0 Å². The summed E-state index contributed by atoms with van der Waals surface area (Å²) in [5.41, 5.74) is 1.10. The molecule has 0 bridgehead atoms. The molecule has 1 aromatic carbocycles. The quantitative estimate of drug-likeness (QED) is 0.655. The van der Waals surface area contributed by atoms with E-state index in [1.54, 1.807) is 0 Å². The molecule has 2 rings (SSSR count). The van der Waals surface area contributed by atoms with Crippen LogP contribution in [0.25, 0.3) is 0 Å². The Bertz CT molecular complexity index is 348. The third kappa shape index (κ3) is 1.51. The van der Waals surface area contributed by atoms with Gasteiger partial charge in [-0.05, 0) is 25.1 Å². The number of rotatable bonds is 1. The van der Waals surface area contributed by atoms with Crippen LogP contribution < -0.4 is 5.01 Å². The molecule has 0 radical (unpaired) electrons. The van der Waals surface area contributed by atoms with E-state index in [1.807, 2.05) is 48.5 Å². The van der Waals surface area contributed by atoms with Crippen LogP contribution in [0.3, 0.4) is 0 Å². The van der Waals surface area contributed by atoms with E-state index >= 15 is 0 Å². The Kier molecular flexibility index (Phi) is 2.48. The molecule has 0 spiro atoms. The van der Waals surface area contributed by atoms with Gasteiger partial charge in [0.25, 0.3) is 0 Å². The average molecular weight is 209 g/mol. The lowest BCUT2D eigenvalue weighted by Gasteiger charge is -2.29. The van der Waals surface area contributed by atoms with Gasteiger partial charge in [-0.2, -0.15) is 0 Å². The normalized spacial score (nSPS) is 22.6. The van der Waals surface area contributed by atoms with E-state index in [1.165, 1.54) is 0 Å². The van der Waals surface area contributed by atoms with Gasteiger partial charge in [0.1, 0.15) is 5.16 Å². The molecule has 0 amide bonds. The molecule has 0 aromatic heterocycles. The van der Waals surface area contributed by atoms with Gasteiger partial charge in [0, 0.05) is 13.1 Å². The van der Waals surface area contributed by atoms with Gasteiger partial charge < -0.3 is 0 Å². The Morgan fingerprint density at radius 1 is 1.21 bits per heavy atom. The van der Waals surface area contributed by atoms with Gasteiger partial charge >= 0.3 is 0 Å². The van der Waals surface area contributed by atoms with E-state index in [2.05, 4.69) is 11.9 Å². The van der Waals surface area contributed by atoms with Crippen LogP contribution in [-0.4, -0.2) is 18.1 Å². The Labute approximate surface area is 89.4 Å². The Hall–Kier alpha value is -0.990. The highest BCUT2D eigenvalue weighted by molar-refractivity contribution is 6.31. The van der Waals surface area contributed by atoms with Crippen LogP contribution >= 0.6 is 11.6 Å². The molecule has 0 saturated carbocycles. The van der Waals surface area contributed by atoms with Gasteiger partial charge in [0.15, 0.2) is 0 Å². The second kappa shape index (κ2) is 3.64. The molecule has 1 aliphatic heterocycles. The third-order valence-electron chi connectivity index (χ3n) is 2.49. The molecule has 1 aliphatic rings. The first kappa shape index (κ1) is 9.56. The van der Waals surface area contributed by atoms with Crippen molar-refractivity contribution in [2.24, 2.45) is 0 Å². The van der Waals surface area contributed by atoms with Crippen molar-refractivity contribution >= 4 is 17.3 Å². The van der Waals surface area contributed by atoms with Crippen LogP contribution in [0.4, 0.5) is 5.69 Å². The highest BCUT2D eigenvalue weighted by Crippen LogP contribution is 2.29. The molecule has 0 N–H and O–H groups in total. The predicted molar refractivity (Wildman–Crippen MR) is 60.1 cm³/mol. The molecule has 14 heavy (non-hydrogen) atoms. The fourth-order valence-electron chi connectivity index (χ4n) is 1.58. The number of hydrazine groups is 1. The lowest BCUT2D eigenvalue weighted by Crippen LogP contribution is -2.37. The first-order chi connectivity index (χ1) is 6.70. The van der Waals surface area contributed by atoms with Crippen molar-refractivity contribution in [3.8, 4) is 0 Å². The van der Waals surface area contributed by atoms with Gasteiger partial charge in [-0.25, -0.2) is 5.01 Å². The smallest absolute Gasteiger partial charge is 0.121 e. The van der Waals surface area contributed by atoms with E-state index < -0.39 is 0 Å². The monoisotopic (exact) mass is 208 g/mol. The highest BCUT2D eigenvalue weighted by atomic mass is 35.5. The van der Waals surface area contributed by atoms with Crippen molar-refractivity contribution in [1.29, 1.82) is 0 Å². The number of hydrogen-bond acceptors (Lipinski definition) is 2. The van der Waals surface area contributed by atoms with Crippen LogP contribution in [-0.2, 0) is 0 Å². The van der Waals surface area contributed by atoms with E-state index in [4.69, 9.17) is 11.6 Å². The van der Waals surface area contributed by atoms with Crippen LogP contribution in [0.15, 0.2) is 41.6 Å². The predicted octanol–water partition coefficient (Wildman–Crippen LogP) is 2.82. The van der Waals surface area contributed by atoms with Crippen molar-refractivity contribution < 1.29 is 0 Å². The maximum Gasteiger partial charge on any atom is 0.121 e. The zero-order valence-corrected chi connectivity index (χ0v) is 9.07. The van der Waals surface area contributed by atoms with E-state index in [9.17, 15) is 0 Å². The first-order valence-corrected chi connectivity index (χ1v) is 5.03. The summed E-state index contributed by atoms with van der Waals surface area (Å²) in [4.78, 5) is 0. The number of hydrogen-bond donors (Lipinski definition) is 0. The van der Waals surface area contributed by atoms with Crippen LogP contribution in [0.1, 0.15) is 6.92 Å². The van der Waals surface area contributed by atoms with Crippen molar-refractivity contribution in [3.63, 3.8) is 0 Å². The van der Waals surface area contributed by atoms with Crippen LogP contribution in [0.2, 0.25) is 0 Å². The lowest BCUT2D eigenvalue weighted by molar-refractivity contribution is 0.320. The molecule has 0 saturated heterocycles. The summed E-state index contributed by atoms with van der Waals surface area (Å²) in [5.74, 6) is 0. The molecule has 74 valence electrons. The van der Waals surface area contributed by atoms with Gasteiger partial charge in [0.05, 0.1) is 5.69 Å². The average Bonchev–Trinajstić information content (AvgIpc) is 2.43. The van der Waals surface area contributed by atoms with Crippen molar-refractivity contribution in [3.05, 3.63) is 41.6 Å². The molecule has 0 aliphatic carbocycles. The maximum absolute atomic E-state index is 6.15. The minimum atomic E-state index is 0.350. The zero-order valence-electron chi connectivity index (χ0n) is 8.31. The molecule has 1 heterocycles. The maximum atomic E-state index is 6.15. The van der Waals surface area contributed by atoms with Gasteiger partial charge in [-0.15, -0.1) is 0 Å². The summed E-state index contributed by atoms with van der Waals surface area (Å²) in [6.45, 7) is 2.12. The molecular weight excluding hydrogens is 196 g/mol. The SMILES string of the molecule is CC1C=C(Cl)N(c2ccccc2)N1C. The van der Waals surface area contributed by atoms with Crippen molar-refractivity contribution in [1.82, 2.24) is 5.01 Å². The summed E-state index contributed by atoms with van der Waals surface area (Å²) in [7, 11) is 2.03. The number of benzene rings is 1. The number of anilines is 1. The minimum Gasteiger partial charge on any atom is -0.263 e.